The zero-order valence-corrected chi connectivity index (χ0v) is 12.4. The topological polar surface area (TPSA) is 54.3 Å². The van der Waals surface area contributed by atoms with Crippen molar-refractivity contribution in [3.05, 3.63) is 46.9 Å². The van der Waals surface area contributed by atoms with Crippen LogP contribution in [0.15, 0.2) is 34.7 Å². The minimum atomic E-state index is -0.272. The molecule has 1 aromatic carbocycles. The number of amides is 1. The lowest BCUT2D eigenvalue weighted by Gasteiger charge is -2.12. The predicted molar refractivity (Wildman–Crippen MR) is 81.6 cm³/mol. The van der Waals surface area contributed by atoms with Gasteiger partial charge in [-0.3, -0.25) is 4.79 Å². The molecular weight excluding hydrogens is 299 g/mol. The van der Waals surface area contributed by atoms with Crippen molar-refractivity contribution in [3.8, 4) is 0 Å². The zero-order chi connectivity index (χ0) is 14.5. The highest BCUT2D eigenvalue weighted by molar-refractivity contribution is 6.31. The molecule has 0 spiro atoms. The molecule has 0 unspecified atom stereocenters. The van der Waals surface area contributed by atoms with Crippen LogP contribution in [-0.4, -0.2) is 11.8 Å². The minimum absolute atomic E-state index is 0.0978. The average molecular weight is 313 g/mol. The van der Waals surface area contributed by atoms with Crippen molar-refractivity contribution in [2.24, 2.45) is 0 Å². The van der Waals surface area contributed by atoms with Gasteiger partial charge in [0.1, 0.15) is 17.4 Å². The number of furan rings is 1. The van der Waals surface area contributed by atoms with E-state index in [0.717, 1.165) is 11.5 Å². The summed E-state index contributed by atoms with van der Waals surface area (Å²) in [6.07, 6.45) is 0. The SMILES string of the molecule is Cc1ccc(CNc2cc(Cl)ccc2NC(=O)CCl)o1. The number of nitrogens with one attached hydrogen (secondary N) is 2. The van der Waals surface area contributed by atoms with E-state index in [2.05, 4.69) is 10.6 Å². The predicted octanol–water partition coefficient (Wildman–Crippen LogP) is 4.03. The van der Waals surface area contributed by atoms with Crippen molar-refractivity contribution in [2.75, 3.05) is 16.5 Å². The molecule has 0 aliphatic heterocycles. The summed E-state index contributed by atoms with van der Waals surface area (Å²) in [6, 6.07) is 8.95. The molecular formula is C14H14Cl2N2O2. The molecule has 1 heterocycles. The number of carbonyl (C=O) groups excluding carboxylic acids is 1. The zero-order valence-electron chi connectivity index (χ0n) is 10.9. The average Bonchev–Trinajstić information content (AvgIpc) is 2.84. The first-order valence-corrected chi connectivity index (χ1v) is 6.94. The molecule has 106 valence electrons. The maximum absolute atomic E-state index is 11.4. The van der Waals surface area contributed by atoms with E-state index in [0.29, 0.717) is 22.9 Å². The summed E-state index contributed by atoms with van der Waals surface area (Å²) in [5.74, 6) is 1.28. The van der Waals surface area contributed by atoms with Crippen molar-refractivity contribution in [3.63, 3.8) is 0 Å². The van der Waals surface area contributed by atoms with E-state index in [4.69, 9.17) is 27.6 Å². The lowest BCUT2D eigenvalue weighted by molar-refractivity contribution is -0.113. The van der Waals surface area contributed by atoms with Crippen LogP contribution in [0.4, 0.5) is 11.4 Å². The van der Waals surface area contributed by atoms with Crippen LogP contribution in [0.1, 0.15) is 11.5 Å². The summed E-state index contributed by atoms with van der Waals surface area (Å²) in [4.78, 5) is 11.4. The Bertz CT molecular complexity index is 611. The normalized spacial score (nSPS) is 10.3. The molecule has 0 saturated carbocycles. The molecule has 0 aliphatic carbocycles. The molecule has 0 fully saturated rings. The van der Waals surface area contributed by atoms with E-state index in [-0.39, 0.29) is 11.8 Å². The summed E-state index contributed by atoms with van der Waals surface area (Å²) in [7, 11) is 0. The molecule has 0 atom stereocenters. The minimum Gasteiger partial charge on any atom is -0.465 e. The molecule has 0 aliphatic rings. The van der Waals surface area contributed by atoms with Crippen LogP contribution in [0.2, 0.25) is 5.02 Å². The van der Waals surface area contributed by atoms with E-state index >= 15 is 0 Å². The number of hydrogen-bond donors (Lipinski definition) is 2. The summed E-state index contributed by atoms with van der Waals surface area (Å²) >= 11 is 11.5. The van der Waals surface area contributed by atoms with Crippen molar-refractivity contribution in [2.45, 2.75) is 13.5 Å². The fourth-order valence-electron chi connectivity index (χ4n) is 1.72. The van der Waals surface area contributed by atoms with Crippen LogP contribution in [-0.2, 0) is 11.3 Å². The molecule has 2 aromatic rings. The smallest absolute Gasteiger partial charge is 0.239 e. The first-order chi connectivity index (χ1) is 9.58. The van der Waals surface area contributed by atoms with Gasteiger partial charge in [0.2, 0.25) is 5.91 Å². The van der Waals surface area contributed by atoms with E-state index in [1.807, 2.05) is 19.1 Å². The third kappa shape index (κ3) is 3.92. The second kappa shape index (κ2) is 6.68. The summed E-state index contributed by atoms with van der Waals surface area (Å²) in [5.41, 5.74) is 1.34. The van der Waals surface area contributed by atoms with Gasteiger partial charge in [0.05, 0.1) is 17.9 Å². The molecule has 6 heteroatoms. The van der Waals surface area contributed by atoms with Gasteiger partial charge in [0.15, 0.2) is 0 Å². The van der Waals surface area contributed by atoms with Crippen molar-refractivity contribution < 1.29 is 9.21 Å². The summed E-state index contributed by atoms with van der Waals surface area (Å²) in [6.45, 7) is 2.38. The summed E-state index contributed by atoms with van der Waals surface area (Å²) < 4.78 is 5.47. The van der Waals surface area contributed by atoms with Gasteiger partial charge in [-0.15, -0.1) is 11.6 Å². The van der Waals surface area contributed by atoms with Crippen LogP contribution in [0.3, 0.4) is 0 Å². The van der Waals surface area contributed by atoms with Crippen molar-refractivity contribution in [1.82, 2.24) is 0 Å². The molecule has 1 amide bonds. The molecule has 2 N–H and O–H groups in total. The van der Waals surface area contributed by atoms with Gasteiger partial charge in [0, 0.05) is 5.02 Å². The highest BCUT2D eigenvalue weighted by atomic mass is 35.5. The molecule has 0 radical (unpaired) electrons. The Morgan fingerprint density at radius 3 is 2.70 bits per heavy atom. The molecule has 1 aromatic heterocycles. The van der Waals surface area contributed by atoms with Crippen LogP contribution < -0.4 is 10.6 Å². The quantitative estimate of drug-likeness (QED) is 0.819. The van der Waals surface area contributed by atoms with Gasteiger partial charge >= 0.3 is 0 Å². The lowest BCUT2D eigenvalue weighted by Crippen LogP contribution is -2.14. The third-order valence-electron chi connectivity index (χ3n) is 2.63. The Hall–Kier alpha value is -1.65. The molecule has 20 heavy (non-hydrogen) atoms. The first-order valence-electron chi connectivity index (χ1n) is 6.03. The second-order valence-corrected chi connectivity index (χ2v) is 4.94. The highest BCUT2D eigenvalue weighted by Crippen LogP contribution is 2.26. The standard InChI is InChI=1S/C14H14Cl2N2O2/c1-9-2-4-11(20-9)8-17-13-6-10(16)3-5-12(13)18-14(19)7-15/h2-6,17H,7-8H2,1H3,(H,18,19). The first kappa shape index (κ1) is 14.8. The van der Waals surface area contributed by atoms with Gasteiger partial charge in [-0.1, -0.05) is 11.6 Å². The number of rotatable bonds is 5. The maximum Gasteiger partial charge on any atom is 0.239 e. The molecule has 4 nitrogen and oxygen atoms in total. The largest absolute Gasteiger partial charge is 0.465 e. The Kier molecular flexibility index (Phi) is 4.93. The lowest BCUT2D eigenvalue weighted by atomic mass is 10.2. The van der Waals surface area contributed by atoms with Crippen LogP contribution in [0.25, 0.3) is 0 Å². The maximum atomic E-state index is 11.4. The molecule has 0 bridgehead atoms. The van der Waals surface area contributed by atoms with Gasteiger partial charge in [0.25, 0.3) is 0 Å². The monoisotopic (exact) mass is 312 g/mol. The number of hydrogen-bond acceptors (Lipinski definition) is 3. The number of anilines is 2. The van der Waals surface area contributed by atoms with Crippen LogP contribution >= 0.6 is 23.2 Å². The highest BCUT2D eigenvalue weighted by Gasteiger charge is 2.07. The van der Waals surface area contributed by atoms with Gasteiger partial charge in [-0.05, 0) is 37.3 Å². The van der Waals surface area contributed by atoms with Crippen LogP contribution in [0, 0.1) is 6.92 Å². The fourth-order valence-corrected chi connectivity index (χ4v) is 1.96. The second-order valence-electron chi connectivity index (χ2n) is 4.24. The van der Waals surface area contributed by atoms with Gasteiger partial charge < -0.3 is 15.1 Å². The van der Waals surface area contributed by atoms with Gasteiger partial charge in [-0.2, -0.15) is 0 Å². The van der Waals surface area contributed by atoms with Crippen molar-refractivity contribution in [1.29, 1.82) is 0 Å². The van der Waals surface area contributed by atoms with E-state index in [9.17, 15) is 4.79 Å². The Morgan fingerprint density at radius 2 is 2.05 bits per heavy atom. The molecule has 0 saturated heterocycles. The van der Waals surface area contributed by atoms with Crippen molar-refractivity contribution >= 4 is 40.5 Å². The van der Waals surface area contributed by atoms with Crippen LogP contribution in [0.5, 0.6) is 0 Å². The Labute approximate surface area is 127 Å². The van der Waals surface area contributed by atoms with E-state index in [1.165, 1.54) is 0 Å². The number of carbonyl (C=O) groups is 1. The summed E-state index contributed by atoms with van der Waals surface area (Å²) in [5, 5.41) is 6.46. The number of alkyl halides is 1. The number of halogens is 2. The van der Waals surface area contributed by atoms with Gasteiger partial charge in [-0.25, -0.2) is 0 Å². The molecule has 2 rings (SSSR count). The number of benzene rings is 1. The fraction of sp³-hybridized carbons (Fsp3) is 0.214. The number of aryl methyl sites for hydroxylation is 1. The van der Waals surface area contributed by atoms with E-state index < -0.39 is 0 Å². The Balaban J connectivity index is 2.12. The third-order valence-corrected chi connectivity index (χ3v) is 3.10. The Morgan fingerprint density at radius 1 is 1.25 bits per heavy atom. The van der Waals surface area contributed by atoms with E-state index in [1.54, 1.807) is 18.2 Å².